The summed E-state index contributed by atoms with van der Waals surface area (Å²) < 4.78 is 27.7. The van der Waals surface area contributed by atoms with Crippen LogP contribution in [0.2, 0.25) is 5.02 Å². The Morgan fingerprint density at radius 3 is 2.64 bits per heavy atom. The molecule has 0 aliphatic rings. The van der Waals surface area contributed by atoms with Crippen molar-refractivity contribution in [2.45, 2.75) is 25.5 Å². The Bertz CT molecular complexity index is 607. The van der Waals surface area contributed by atoms with Crippen molar-refractivity contribution in [3.8, 4) is 5.75 Å². The number of amides is 1. The first kappa shape index (κ1) is 18.7. The maximum atomic E-state index is 11.8. The fraction of sp³-hybridized carbons (Fsp3) is 0.500. The van der Waals surface area contributed by atoms with Gasteiger partial charge in [0.1, 0.15) is 21.7 Å². The average Bonchev–Trinajstić information content (AvgIpc) is 2.44. The Kier molecular flexibility index (Phi) is 7.12. The number of nitrogens with two attached hydrogens (primary N) is 1. The van der Waals surface area contributed by atoms with Crippen molar-refractivity contribution in [3.63, 3.8) is 0 Å². The van der Waals surface area contributed by atoms with Gasteiger partial charge in [-0.05, 0) is 25.5 Å². The third-order valence-electron chi connectivity index (χ3n) is 2.86. The van der Waals surface area contributed by atoms with Crippen LogP contribution in [0.3, 0.4) is 0 Å². The normalized spacial score (nSPS) is 14.2. The lowest BCUT2D eigenvalue weighted by molar-refractivity contribution is -0.122. The zero-order valence-corrected chi connectivity index (χ0v) is 14.2. The van der Waals surface area contributed by atoms with E-state index in [-0.39, 0.29) is 24.8 Å². The van der Waals surface area contributed by atoms with E-state index in [0.29, 0.717) is 10.8 Å². The molecule has 1 amide bonds. The zero-order chi connectivity index (χ0) is 16.8. The summed E-state index contributed by atoms with van der Waals surface area (Å²) in [6.45, 7) is 2.03. The quantitative estimate of drug-likeness (QED) is 0.729. The lowest BCUT2D eigenvalue weighted by atomic mass is 10.2. The zero-order valence-electron chi connectivity index (χ0n) is 12.6. The van der Waals surface area contributed by atoms with Crippen LogP contribution in [0.25, 0.3) is 0 Å². The van der Waals surface area contributed by atoms with Crippen LogP contribution in [0.1, 0.15) is 13.3 Å². The van der Waals surface area contributed by atoms with E-state index in [1.54, 1.807) is 31.2 Å². The molecule has 6 nitrogen and oxygen atoms in total. The Balaban J connectivity index is 2.38. The highest BCUT2D eigenvalue weighted by molar-refractivity contribution is 7.90. The van der Waals surface area contributed by atoms with Crippen LogP contribution in [0.4, 0.5) is 0 Å². The maximum absolute atomic E-state index is 11.8. The van der Waals surface area contributed by atoms with E-state index in [0.717, 1.165) is 6.26 Å². The summed E-state index contributed by atoms with van der Waals surface area (Å²) in [5.41, 5.74) is 5.65. The standard InChI is InChI=1S/C14H21ClN2O4S/c1-10(21-13-6-4-3-5-11(13)15)9-17-14(18)12(16)7-8-22(2,19)20/h3-6,10,12H,7-9,16H2,1-2H3,(H,17,18). The summed E-state index contributed by atoms with van der Waals surface area (Å²) in [6.07, 6.45) is 0.896. The molecule has 0 saturated carbocycles. The Labute approximate surface area is 135 Å². The molecule has 0 heterocycles. The second kappa shape index (κ2) is 8.36. The summed E-state index contributed by atoms with van der Waals surface area (Å²) in [6, 6.07) is 6.18. The lowest BCUT2D eigenvalue weighted by Crippen LogP contribution is -2.44. The highest BCUT2D eigenvalue weighted by Crippen LogP contribution is 2.23. The van der Waals surface area contributed by atoms with Gasteiger partial charge in [0.2, 0.25) is 5.91 Å². The molecule has 0 bridgehead atoms. The van der Waals surface area contributed by atoms with Crippen LogP contribution in [-0.2, 0) is 14.6 Å². The molecule has 0 fully saturated rings. The van der Waals surface area contributed by atoms with E-state index in [9.17, 15) is 13.2 Å². The molecule has 0 radical (unpaired) electrons. The first-order valence-corrected chi connectivity index (χ1v) is 9.25. The second-order valence-corrected chi connectivity index (χ2v) is 7.80. The van der Waals surface area contributed by atoms with Crippen molar-refractivity contribution < 1.29 is 17.9 Å². The van der Waals surface area contributed by atoms with Crippen LogP contribution in [0, 0.1) is 0 Å². The van der Waals surface area contributed by atoms with Gasteiger partial charge < -0.3 is 15.8 Å². The summed E-state index contributed by atoms with van der Waals surface area (Å²) >= 11 is 5.98. The lowest BCUT2D eigenvalue weighted by Gasteiger charge is -2.18. The summed E-state index contributed by atoms with van der Waals surface area (Å²) in [5, 5.41) is 3.12. The number of ether oxygens (including phenoxy) is 1. The molecule has 2 atom stereocenters. The smallest absolute Gasteiger partial charge is 0.237 e. The van der Waals surface area contributed by atoms with Gasteiger partial charge >= 0.3 is 0 Å². The van der Waals surface area contributed by atoms with Gasteiger partial charge in [0.15, 0.2) is 0 Å². The van der Waals surface area contributed by atoms with Crippen LogP contribution in [-0.4, -0.2) is 45.0 Å². The first-order valence-electron chi connectivity index (χ1n) is 6.81. The third-order valence-corrected chi connectivity index (χ3v) is 4.15. The number of hydrogen-bond acceptors (Lipinski definition) is 5. The monoisotopic (exact) mass is 348 g/mol. The summed E-state index contributed by atoms with van der Waals surface area (Å²) in [5.74, 6) is 0.0123. The number of halogens is 1. The fourth-order valence-electron chi connectivity index (χ4n) is 1.65. The van der Waals surface area contributed by atoms with Gasteiger partial charge in [0.25, 0.3) is 0 Å². The minimum Gasteiger partial charge on any atom is -0.487 e. The molecule has 0 spiro atoms. The van der Waals surface area contributed by atoms with Crippen molar-refractivity contribution in [2.75, 3.05) is 18.6 Å². The number of para-hydroxylation sites is 1. The molecular weight excluding hydrogens is 328 g/mol. The molecule has 8 heteroatoms. The first-order chi connectivity index (χ1) is 10.2. The van der Waals surface area contributed by atoms with Gasteiger partial charge in [0, 0.05) is 6.26 Å². The second-order valence-electron chi connectivity index (χ2n) is 5.13. The fourth-order valence-corrected chi connectivity index (χ4v) is 2.51. The van der Waals surface area contributed by atoms with Gasteiger partial charge in [-0.25, -0.2) is 8.42 Å². The van der Waals surface area contributed by atoms with Crippen molar-refractivity contribution >= 4 is 27.3 Å². The molecule has 124 valence electrons. The number of sulfone groups is 1. The van der Waals surface area contributed by atoms with E-state index >= 15 is 0 Å². The van der Waals surface area contributed by atoms with Crippen LogP contribution >= 0.6 is 11.6 Å². The number of benzene rings is 1. The molecule has 1 aromatic rings. The Morgan fingerprint density at radius 1 is 1.41 bits per heavy atom. The predicted molar refractivity (Wildman–Crippen MR) is 86.9 cm³/mol. The number of nitrogens with one attached hydrogen (secondary N) is 1. The molecule has 0 aromatic heterocycles. The van der Waals surface area contributed by atoms with Gasteiger partial charge in [-0.1, -0.05) is 23.7 Å². The van der Waals surface area contributed by atoms with E-state index in [1.807, 2.05) is 0 Å². The Morgan fingerprint density at radius 2 is 2.05 bits per heavy atom. The predicted octanol–water partition coefficient (Wildman–Crippen LogP) is 0.986. The van der Waals surface area contributed by atoms with Gasteiger partial charge in [0.05, 0.1) is 23.4 Å². The minimum absolute atomic E-state index is 0.0877. The number of carbonyl (C=O) groups excluding carboxylic acids is 1. The highest BCUT2D eigenvalue weighted by atomic mass is 35.5. The molecule has 1 aromatic carbocycles. The molecular formula is C14H21ClN2O4S. The van der Waals surface area contributed by atoms with Gasteiger partial charge in [-0.2, -0.15) is 0 Å². The van der Waals surface area contributed by atoms with E-state index < -0.39 is 21.8 Å². The molecule has 3 N–H and O–H groups in total. The van der Waals surface area contributed by atoms with E-state index in [1.165, 1.54) is 0 Å². The minimum atomic E-state index is -3.13. The molecule has 2 unspecified atom stereocenters. The van der Waals surface area contributed by atoms with Crippen LogP contribution < -0.4 is 15.8 Å². The maximum Gasteiger partial charge on any atom is 0.237 e. The van der Waals surface area contributed by atoms with E-state index in [4.69, 9.17) is 22.1 Å². The Hall–Kier alpha value is -1.31. The SMILES string of the molecule is CC(CNC(=O)C(N)CCS(C)(=O)=O)Oc1ccccc1Cl. The number of carbonyl (C=O) groups is 1. The van der Waals surface area contributed by atoms with Gasteiger partial charge in [-0.15, -0.1) is 0 Å². The van der Waals surface area contributed by atoms with Crippen molar-refractivity contribution in [1.29, 1.82) is 0 Å². The molecule has 1 rings (SSSR count). The van der Waals surface area contributed by atoms with Crippen molar-refractivity contribution in [2.24, 2.45) is 5.73 Å². The molecule has 0 aliphatic carbocycles. The molecule has 22 heavy (non-hydrogen) atoms. The largest absolute Gasteiger partial charge is 0.487 e. The summed E-state index contributed by atoms with van der Waals surface area (Å²) in [7, 11) is -3.13. The van der Waals surface area contributed by atoms with Crippen molar-refractivity contribution in [1.82, 2.24) is 5.32 Å². The number of hydrogen-bond donors (Lipinski definition) is 2. The molecule has 0 aliphatic heterocycles. The van der Waals surface area contributed by atoms with Crippen LogP contribution in [0.15, 0.2) is 24.3 Å². The number of rotatable bonds is 8. The van der Waals surface area contributed by atoms with Gasteiger partial charge in [-0.3, -0.25) is 4.79 Å². The van der Waals surface area contributed by atoms with Crippen LogP contribution in [0.5, 0.6) is 5.75 Å². The van der Waals surface area contributed by atoms with E-state index in [2.05, 4.69) is 5.32 Å². The van der Waals surface area contributed by atoms with Crippen molar-refractivity contribution in [3.05, 3.63) is 29.3 Å². The summed E-state index contributed by atoms with van der Waals surface area (Å²) in [4.78, 5) is 11.8. The molecule has 0 saturated heterocycles. The average molecular weight is 349 g/mol. The topological polar surface area (TPSA) is 98.5 Å². The third kappa shape index (κ3) is 7.11. The highest BCUT2D eigenvalue weighted by Gasteiger charge is 2.17.